The van der Waals surface area contributed by atoms with Crippen molar-refractivity contribution in [3.8, 4) is 5.75 Å². The molecule has 0 unspecified atom stereocenters. The number of hydrogen-bond acceptors (Lipinski definition) is 5. The second-order valence-corrected chi connectivity index (χ2v) is 8.94. The van der Waals surface area contributed by atoms with Crippen molar-refractivity contribution in [1.29, 1.82) is 0 Å². The third kappa shape index (κ3) is 6.22. The Balaban J connectivity index is 1.41. The summed E-state index contributed by atoms with van der Waals surface area (Å²) in [5.74, 6) is -0.457. The van der Waals surface area contributed by atoms with Crippen molar-refractivity contribution in [1.82, 2.24) is 10.3 Å². The number of nitrogens with one attached hydrogen (secondary N) is 2. The lowest BCUT2D eigenvalue weighted by atomic mass is 9.90. The van der Waals surface area contributed by atoms with Gasteiger partial charge in [0.25, 0.3) is 5.91 Å². The summed E-state index contributed by atoms with van der Waals surface area (Å²) in [6.45, 7) is 1.28. The number of carbonyl (C=O) groups excluding carboxylic acids is 2. The first-order valence-corrected chi connectivity index (χ1v) is 11.5. The van der Waals surface area contributed by atoms with Crippen LogP contribution in [0.4, 0.5) is 18.9 Å². The van der Waals surface area contributed by atoms with Gasteiger partial charge >= 0.3 is 12.1 Å². The van der Waals surface area contributed by atoms with E-state index in [0.717, 1.165) is 6.07 Å². The highest BCUT2D eigenvalue weighted by Gasteiger charge is 2.34. The summed E-state index contributed by atoms with van der Waals surface area (Å²) in [4.78, 5) is 27.5. The lowest BCUT2D eigenvalue weighted by Crippen LogP contribution is -2.40. The predicted molar refractivity (Wildman–Crippen MR) is 127 cm³/mol. The molecule has 0 spiro atoms. The number of esters is 1. The number of pyridine rings is 1. The number of hydrogen-bond donors (Lipinski definition) is 2. The summed E-state index contributed by atoms with van der Waals surface area (Å²) in [5.41, 5.74) is -0.0428. The first kappa shape index (κ1) is 24.8. The van der Waals surface area contributed by atoms with Gasteiger partial charge in [-0.15, -0.1) is 0 Å². The molecule has 0 bridgehead atoms. The Bertz CT molecular complexity index is 1260. The van der Waals surface area contributed by atoms with E-state index in [1.165, 1.54) is 25.1 Å². The molecular weight excluding hydrogens is 483 g/mol. The van der Waals surface area contributed by atoms with Gasteiger partial charge in [-0.1, -0.05) is 17.7 Å². The molecule has 184 valence electrons. The van der Waals surface area contributed by atoms with Crippen LogP contribution in [0.15, 0.2) is 48.5 Å². The van der Waals surface area contributed by atoms with E-state index >= 15 is 0 Å². The van der Waals surface area contributed by atoms with Crippen LogP contribution < -0.4 is 15.4 Å². The van der Waals surface area contributed by atoms with Crippen LogP contribution in [0.1, 0.15) is 48.7 Å². The number of benzene rings is 2. The number of fused-ring (bicyclic) bond motifs is 1. The number of ether oxygens (including phenoxy) is 1. The molecule has 35 heavy (non-hydrogen) atoms. The average molecular weight is 506 g/mol. The highest BCUT2D eigenvalue weighted by atomic mass is 35.5. The van der Waals surface area contributed by atoms with Gasteiger partial charge in [0.2, 0.25) is 0 Å². The number of carbonyl (C=O) groups is 2. The van der Waals surface area contributed by atoms with Gasteiger partial charge in [0.1, 0.15) is 11.4 Å². The maximum Gasteiger partial charge on any atom is 0.433 e. The van der Waals surface area contributed by atoms with Crippen molar-refractivity contribution in [2.24, 2.45) is 0 Å². The molecule has 1 aromatic heterocycles. The molecule has 0 aliphatic heterocycles. The van der Waals surface area contributed by atoms with Crippen molar-refractivity contribution >= 4 is 40.1 Å². The van der Waals surface area contributed by atoms with Crippen LogP contribution in [-0.2, 0) is 11.0 Å². The van der Waals surface area contributed by atoms with Crippen molar-refractivity contribution < 1.29 is 27.5 Å². The lowest BCUT2D eigenvalue weighted by Gasteiger charge is -2.30. The zero-order valence-corrected chi connectivity index (χ0v) is 19.5. The zero-order valence-electron chi connectivity index (χ0n) is 18.8. The Labute approximate surface area is 204 Å². The van der Waals surface area contributed by atoms with Gasteiger partial charge in [-0.3, -0.25) is 9.59 Å². The summed E-state index contributed by atoms with van der Waals surface area (Å²) in [7, 11) is 0. The van der Waals surface area contributed by atoms with E-state index in [4.69, 9.17) is 16.3 Å². The third-order valence-electron chi connectivity index (χ3n) is 5.84. The van der Waals surface area contributed by atoms with E-state index < -0.39 is 17.8 Å². The van der Waals surface area contributed by atoms with Gasteiger partial charge in [0.05, 0.1) is 5.52 Å². The highest BCUT2D eigenvalue weighted by molar-refractivity contribution is 6.31. The van der Waals surface area contributed by atoms with E-state index in [-0.39, 0.29) is 23.5 Å². The first-order chi connectivity index (χ1) is 16.6. The molecule has 6 nitrogen and oxygen atoms in total. The fraction of sp³-hybridized carbons (Fsp3) is 0.320. The van der Waals surface area contributed by atoms with E-state index in [1.54, 1.807) is 24.3 Å². The van der Waals surface area contributed by atoms with Crippen molar-refractivity contribution in [2.45, 2.75) is 50.9 Å². The average Bonchev–Trinajstić information content (AvgIpc) is 2.79. The van der Waals surface area contributed by atoms with Crippen LogP contribution in [0.25, 0.3) is 10.9 Å². The molecule has 4 rings (SSSR count). The SMILES string of the molecule is CC(=O)Oc1cccc(C(=O)NC2CCC(Nc3cc(C(F)(F)F)nc4ccc(Cl)cc34)CC2)c1. The van der Waals surface area contributed by atoms with E-state index in [0.29, 0.717) is 53.1 Å². The number of alkyl halides is 3. The van der Waals surface area contributed by atoms with E-state index in [1.807, 2.05) is 0 Å². The van der Waals surface area contributed by atoms with E-state index in [9.17, 15) is 22.8 Å². The highest BCUT2D eigenvalue weighted by Crippen LogP contribution is 2.35. The Kier molecular flexibility index (Phi) is 7.16. The van der Waals surface area contributed by atoms with Gasteiger partial charge in [-0.2, -0.15) is 13.2 Å². The summed E-state index contributed by atoms with van der Waals surface area (Å²) in [6.07, 6.45) is -1.95. The smallest absolute Gasteiger partial charge is 0.427 e. The van der Waals surface area contributed by atoms with Crippen LogP contribution in [0.2, 0.25) is 5.02 Å². The summed E-state index contributed by atoms with van der Waals surface area (Å²) in [5, 5.41) is 7.15. The van der Waals surface area contributed by atoms with Crippen LogP contribution in [0, 0.1) is 0 Å². The molecule has 1 heterocycles. The molecule has 10 heteroatoms. The van der Waals surface area contributed by atoms with Gasteiger partial charge in [-0.05, 0) is 68.1 Å². The number of aromatic nitrogens is 1. The minimum Gasteiger partial charge on any atom is -0.427 e. The fourth-order valence-electron chi connectivity index (χ4n) is 4.20. The van der Waals surface area contributed by atoms with E-state index in [2.05, 4.69) is 15.6 Å². The molecule has 0 atom stereocenters. The monoisotopic (exact) mass is 505 g/mol. The maximum absolute atomic E-state index is 13.4. The second kappa shape index (κ2) is 10.1. The number of halogens is 4. The minimum absolute atomic E-state index is 0.0684. The molecule has 1 aliphatic carbocycles. The molecule has 3 aromatic rings. The molecule has 1 saturated carbocycles. The molecule has 1 fully saturated rings. The molecule has 0 saturated heterocycles. The zero-order chi connectivity index (χ0) is 25.2. The van der Waals surface area contributed by atoms with Crippen molar-refractivity contribution in [2.75, 3.05) is 5.32 Å². The Morgan fingerprint density at radius 3 is 2.43 bits per heavy atom. The lowest BCUT2D eigenvalue weighted by molar-refractivity contribution is -0.141. The Morgan fingerprint density at radius 1 is 1.03 bits per heavy atom. The minimum atomic E-state index is -4.57. The standard InChI is InChI=1S/C25H23ClF3N3O3/c1-14(33)35-19-4-2-3-15(11-19)24(34)31-18-8-6-17(7-9-18)30-22-13-23(25(27,28)29)32-21-10-5-16(26)12-20(21)22/h2-5,10-13,17-18H,6-9H2,1H3,(H,30,32)(H,31,34). The predicted octanol–water partition coefficient (Wildman–Crippen LogP) is 5.99. The van der Waals surface area contributed by atoms with Crippen molar-refractivity contribution in [3.63, 3.8) is 0 Å². The molecular formula is C25H23ClF3N3O3. The molecule has 2 aromatic carbocycles. The maximum atomic E-state index is 13.4. The molecule has 1 aliphatic rings. The summed E-state index contributed by atoms with van der Waals surface area (Å²) >= 11 is 6.07. The van der Waals surface area contributed by atoms with Crippen LogP contribution in [-0.4, -0.2) is 28.9 Å². The second-order valence-electron chi connectivity index (χ2n) is 8.50. The molecule has 2 N–H and O–H groups in total. The van der Waals surface area contributed by atoms with Gasteiger partial charge in [-0.25, -0.2) is 4.98 Å². The quantitative estimate of drug-likeness (QED) is 0.329. The fourth-order valence-corrected chi connectivity index (χ4v) is 4.37. The normalized spacial score (nSPS) is 18.2. The number of rotatable bonds is 5. The Morgan fingerprint density at radius 2 is 1.74 bits per heavy atom. The van der Waals surface area contributed by atoms with Gasteiger partial charge < -0.3 is 15.4 Å². The third-order valence-corrected chi connectivity index (χ3v) is 6.08. The first-order valence-electron chi connectivity index (χ1n) is 11.1. The molecule has 0 radical (unpaired) electrons. The van der Waals surface area contributed by atoms with Gasteiger partial charge in [0.15, 0.2) is 0 Å². The van der Waals surface area contributed by atoms with Gasteiger partial charge in [0, 0.05) is 40.7 Å². The Hall–Kier alpha value is -3.33. The number of amides is 1. The summed E-state index contributed by atoms with van der Waals surface area (Å²) in [6, 6.07) is 11.8. The number of nitrogens with zero attached hydrogens (tertiary/aromatic N) is 1. The number of anilines is 1. The van der Waals surface area contributed by atoms with Crippen LogP contribution in [0.5, 0.6) is 5.75 Å². The van der Waals surface area contributed by atoms with Crippen molar-refractivity contribution in [3.05, 3.63) is 64.8 Å². The topological polar surface area (TPSA) is 80.3 Å². The summed E-state index contributed by atoms with van der Waals surface area (Å²) < 4.78 is 45.1. The molecule has 1 amide bonds. The van der Waals surface area contributed by atoms with Crippen LogP contribution >= 0.6 is 11.6 Å². The largest absolute Gasteiger partial charge is 0.433 e. The van der Waals surface area contributed by atoms with Crippen LogP contribution in [0.3, 0.4) is 0 Å².